The molecule has 8 rings (SSSR count). The van der Waals surface area contributed by atoms with Crippen LogP contribution in [0.2, 0.25) is 0 Å². The largest absolute Gasteiger partial charge is 0.350 e. The van der Waals surface area contributed by atoms with E-state index < -0.39 is 0 Å². The average molecular weight is 563 g/mol. The highest BCUT2D eigenvalue weighted by Crippen LogP contribution is 2.42. The van der Waals surface area contributed by atoms with Gasteiger partial charge in [0.25, 0.3) is 11.8 Å². The number of nitrogens with zero attached hydrogens (tertiary/aromatic N) is 3. The number of nitrogens with one attached hydrogen (secondary N) is 1. The molecule has 0 spiro atoms. The van der Waals surface area contributed by atoms with Crippen molar-refractivity contribution in [2.45, 2.75) is 12.1 Å². The van der Waals surface area contributed by atoms with Gasteiger partial charge in [-0.05, 0) is 23.3 Å². The van der Waals surface area contributed by atoms with E-state index >= 15 is 0 Å². The zero-order valence-corrected chi connectivity index (χ0v) is 23.8. The Hall–Kier alpha value is -5.20. The Labute approximate surface area is 249 Å². The van der Waals surface area contributed by atoms with Gasteiger partial charge in [0, 0.05) is 65.5 Å². The van der Waals surface area contributed by atoms with Crippen molar-refractivity contribution in [3.8, 4) is 0 Å². The quantitative estimate of drug-likeness (QED) is 0.241. The molecule has 210 valence electrons. The first-order valence-corrected chi connectivity index (χ1v) is 14.7. The molecule has 2 aromatic heterocycles. The molecular weight excluding hydrogens is 532 g/mol. The number of amides is 2. The molecule has 2 amide bonds. The molecule has 1 N–H and O–H groups in total. The first-order chi connectivity index (χ1) is 21.1. The van der Waals surface area contributed by atoms with Crippen molar-refractivity contribution in [3.63, 3.8) is 0 Å². The third-order valence-corrected chi connectivity index (χ3v) is 8.99. The number of benzene rings is 4. The second kappa shape index (κ2) is 9.96. The number of carbonyl (C=O) groups excluding carboxylic acids is 2. The molecule has 0 bridgehead atoms. The van der Waals surface area contributed by atoms with Gasteiger partial charge < -0.3 is 9.13 Å². The fraction of sp³-hybridized carbons (Fsp3) is 0.135. The van der Waals surface area contributed by atoms with Crippen molar-refractivity contribution in [2.24, 2.45) is 7.05 Å². The number of likely N-dealkylation sites (tertiary alicyclic amines) is 1. The van der Waals surface area contributed by atoms with Crippen LogP contribution >= 0.6 is 0 Å². The van der Waals surface area contributed by atoms with Gasteiger partial charge in [-0.1, -0.05) is 97.1 Å². The van der Waals surface area contributed by atoms with E-state index in [0.717, 1.165) is 46.0 Å². The van der Waals surface area contributed by atoms with E-state index in [-0.39, 0.29) is 23.9 Å². The molecule has 6 aromatic rings. The van der Waals surface area contributed by atoms with Crippen LogP contribution in [-0.2, 0) is 16.6 Å². The van der Waals surface area contributed by atoms with Crippen LogP contribution in [-0.4, -0.2) is 38.9 Å². The summed E-state index contributed by atoms with van der Waals surface area (Å²) in [7, 11) is 1.97. The van der Waals surface area contributed by atoms with Gasteiger partial charge in [-0.3, -0.25) is 19.8 Å². The Bertz CT molecular complexity index is 2020. The fourth-order valence-corrected chi connectivity index (χ4v) is 6.98. The van der Waals surface area contributed by atoms with E-state index in [1.807, 2.05) is 54.2 Å². The molecule has 0 saturated carbocycles. The zero-order chi connectivity index (χ0) is 29.1. The minimum Gasteiger partial charge on any atom is -0.350 e. The standard InChI is InChI=1S/C37H30N4O2/c1-39-22-29(27-16-8-10-18-31(27)39)33-34(37(43)38-36(33)42)30-23-41(32-19-11-9-17-28(30)32)26-20-40(21-26)35(24-12-4-2-5-13-24)25-14-6-3-7-15-25/h2-19,22-23,26,35H,20-21H2,1H3,(H,38,42,43). The maximum Gasteiger partial charge on any atom is 0.259 e. The second-order valence-corrected chi connectivity index (χ2v) is 11.5. The Morgan fingerprint density at radius 1 is 0.628 bits per heavy atom. The minimum absolute atomic E-state index is 0.166. The molecule has 4 heterocycles. The van der Waals surface area contributed by atoms with E-state index in [2.05, 4.69) is 93.8 Å². The summed E-state index contributed by atoms with van der Waals surface area (Å²) < 4.78 is 4.31. The van der Waals surface area contributed by atoms with Gasteiger partial charge in [0.05, 0.1) is 23.2 Å². The van der Waals surface area contributed by atoms with Gasteiger partial charge in [-0.2, -0.15) is 0 Å². The SMILES string of the molecule is Cn1cc(C2=C(c3cn(C4CN(C(c5ccccc5)c5ccccc5)C4)c4ccccc34)C(=O)NC2=O)c2ccccc21. The molecular formula is C37H30N4O2. The van der Waals surface area contributed by atoms with Crippen LogP contribution in [0.3, 0.4) is 0 Å². The normalized spacial score (nSPS) is 16.0. The van der Waals surface area contributed by atoms with E-state index in [0.29, 0.717) is 11.1 Å². The van der Waals surface area contributed by atoms with Crippen LogP contribution in [0.1, 0.15) is 34.3 Å². The summed E-state index contributed by atoms with van der Waals surface area (Å²) in [6.07, 6.45) is 4.04. The summed E-state index contributed by atoms with van der Waals surface area (Å²) >= 11 is 0. The maximum absolute atomic E-state index is 13.5. The zero-order valence-electron chi connectivity index (χ0n) is 23.8. The summed E-state index contributed by atoms with van der Waals surface area (Å²) in [6.45, 7) is 1.74. The predicted octanol–water partition coefficient (Wildman–Crippen LogP) is 6.35. The minimum atomic E-state index is -0.350. The van der Waals surface area contributed by atoms with Crippen molar-refractivity contribution in [2.75, 3.05) is 13.1 Å². The lowest BCUT2D eigenvalue weighted by atomic mass is 9.93. The number of imide groups is 1. The van der Waals surface area contributed by atoms with Crippen LogP contribution in [0.15, 0.2) is 122 Å². The van der Waals surface area contributed by atoms with Crippen molar-refractivity contribution in [3.05, 3.63) is 144 Å². The van der Waals surface area contributed by atoms with Gasteiger partial charge in [-0.15, -0.1) is 0 Å². The molecule has 6 heteroatoms. The number of hydrogen-bond acceptors (Lipinski definition) is 3. The number of aromatic nitrogens is 2. The fourth-order valence-electron chi connectivity index (χ4n) is 6.98. The second-order valence-electron chi connectivity index (χ2n) is 11.5. The van der Waals surface area contributed by atoms with Gasteiger partial charge in [0.15, 0.2) is 0 Å². The van der Waals surface area contributed by atoms with Crippen LogP contribution in [0, 0.1) is 0 Å². The number of aryl methyl sites for hydroxylation is 1. The van der Waals surface area contributed by atoms with Crippen molar-refractivity contribution < 1.29 is 9.59 Å². The number of rotatable bonds is 6. The molecule has 2 aliphatic rings. The molecule has 0 atom stereocenters. The Balaban J connectivity index is 1.21. The lowest BCUT2D eigenvalue weighted by Crippen LogP contribution is -2.49. The monoisotopic (exact) mass is 562 g/mol. The van der Waals surface area contributed by atoms with Crippen LogP contribution in [0.5, 0.6) is 0 Å². The van der Waals surface area contributed by atoms with E-state index in [1.165, 1.54) is 11.1 Å². The lowest BCUT2D eigenvalue weighted by molar-refractivity contribution is -0.122. The first kappa shape index (κ1) is 25.5. The number of carbonyl (C=O) groups is 2. The van der Waals surface area contributed by atoms with E-state index in [9.17, 15) is 9.59 Å². The van der Waals surface area contributed by atoms with Gasteiger partial charge in [0.1, 0.15) is 0 Å². The molecule has 1 fully saturated rings. The molecule has 2 aliphatic heterocycles. The van der Waals surface area contributed by atoms with Gasteiger partial charge in [-0.25, -0.2) is 0 Å². The van der Waals surface area contributed by atoms with Gasteiger partial charge >= 0.3 is 0 Å². The number of para-hydroxylation sites is 2. The van der Waals surface area contributed by atoms with Crippen molar-refractivity contribution in [1.29, 1.82) is 0 Å². The van der Waals surface area contributed by atoms with Crippen molar-refractivity contribution in [1.82, 2.24) is 19.4 Å². The topological polar surface area (TPSA) is 59.3 Å². The maximum atomic E-state index is 13.5. The molecule has 0 aliphatic carbocycles. The summed E-state index contributed by atoms with van der Waals surface area (Å²) in [5.41, 5.74) is 7.08. The molecule has 6 nitrogen and oxygen atoms in total. The molecule has 0 radical (unpaired) electrons. The summed E-state index contributed by atoms with van der Waals surface area (Å²) in [5.74, 6) is -0.698. The summed E-state index contributed by atoms with van der Waals surface area (Å²) in [6, 6.07) is 37.9. The molecule has 0 unspecified atom stereocenters. The number of fused-ring (bicyclic) bond motifs is 2. The molecule has 4 aromatic carbocycles. The van der Waals surface area contributed by atoms with E-state index in [1.54, 1.807) is 0 Å². The van der Waals surface area contributed by atoms with Crippen molar-refractivity contribution >= 4 is 44.8 Å². The molecule has 1 saturated heterocycles. The number of hydrogen-bond donors (Lipinski definition) is 1. The van der Waals surface area contributed by atoms with E-state index in [4.69, 9.17) is 0 Å². The Kier molecular flexibility index (Phi) is 5.91. The Morgan fingerprint density at radius 3 is 1.72 bits per heavy atom. The summed E-state index contributed by atoms with van der Waals surface area (Å²) in [5, 5.41) is 4.52. The summed E-state index contributed by atoms with van der Waals surface area (Å²) in [4.78, 5) is 29.3. The van der Waals surface area contributed by atoms with Crippen LogP contribution < -0.4 is 5.32 Å². The highest BCUT2D eigenvalue weighted by Gasteiger charge is 2.38. The molecule has 43 heavy (non-hydrogen) atoms. The highest BCUT2D eigenvalue weighted by molar-refractivity contribution is 6.50. The third kappa shape index (κ3) is 4.06. The van der Waals surface area contributed by atoms with Gasteiger partial charge in [0.2, 0.25) is 0 Å². The van der Waals surface area contributed by atoms with Crippen LogP contribution in [0.4, 0.5) is 0 Å². The Morgan fingerprint density at radius 2 is 1.12 bits per heavy atom. The highest BCUT2D eigenvalue weighted by atomic mass is 16.2. The average Bonchev–Trinajstić information content (AvgIpc) is 3.65. The lowest BCUT2D eigenvalue weighted by Gasteiger charge is -2.45. The first-order valence-electron chi connectivity index (χ1n) is 14.7. The smallest absolute Gasteiger partial charge is 0.259 e. The predicted molar refractivity (Wildman–Crippen MR) is 170 cm³/mol. The third-order valence-electron chi connectivity index (χ3n) is 8.99. The van der Waals surface area contributed by atoms with Crippen LogP contribution in [0.25, 0.3) is 33.0 Å².